The summed E-state index contributed by atoms with van der Waals surface area (Å²) in [6, 6.07) is 5.31. The summed E-state index contributed by atoms with van der Waals surface area (Å²) in [5.74, 6) is -0.218. The highest BCUT2D eigenvalue weighted by Crippen LogP contribution is 2.18. The molecule has 1 aromatic carbocycles. The van der Waals surface area contributed by atoms with Crippen molar-refractivity contribution in [1.82, 2.24) is 4.90 Å². The van der Waals surface area contributed by atoms with Gasteiger partial charge in [-0.05, 0) is 6.92 Å². The minimum atomic E-state index is -0.218. The van der Waals surface area contributed by atoms with Gasteiger partial charge in [0.2, 0.25) is 0 Å². The van der Waals surface area contributed by atoms with Crippen molar-refractivity contribution in [2.24, 2.45) is 5.73 Å². The zero-order valence-corrected chi connectivity index (χ0v) is 11.2. The van der Waals surface area contributed by atoms with E-state index in [1.165, 1.54) is 0 Å². The molecule has 0 radical (unpaired) electrons. The fourth-order valence-corrected chi connectivity index (χ4v) is 2.52. The number of rotatable bonds is 4. The van der Waals surface area contributed by atoms with Gasteiger partial charge in [0.25, 0.3) is 0 Å². The van der Waals surface area contributed by atoms with Gasteiger partial charge in [-0.3, -0.25) is 4.90 Å². The van der Waals surface area contributed by atoms with Crippen LogP contribution < -0.4 is 5.73 Å². The quantitative estimate of drug-likeness (QED) is 0.850. The number of nitrogens with two attached hydrogens (primary N) is 1. The molecule has 5 heteroatoms. The van der Waals surface area contributed by atoms with Crippen LogP contribution in [-0.4, -0.2) is 41.9 Å². The highest BCUT2D eigenvalue weighted by Gasteiger charge is 2.25. The molecule has 1 aliphatic rings. The lowest BCUT2D eigenvalue weighted by Crippen LogP contribution is -2.47. The Morgan fingerprint density at radius 1 is 1.42 bits per heavy atom. The highest BCUT2D eigenvalue weighted by atomic mass is 19.1. The summed E-state index contributed by atoms with van der Waals surface area (Å²) in [5, 5.41) is 9.19. The maximum Gasteiger partial charge on any atom is 0.132 e. The smallest absolute Gasteiger partial charge is 0.132 e. The van der Waals surface area contributed by atoms with Crippen LogP contribution in [0.1, 0.15) is 18.1 Å². The van der Waals surface area contributed by atoms with Crippen LogP contribution in [-0.2, 0) is 17.8 Å². The molecule has 1 fully saturated rings. The molecule has 0 aliphatic carbocycles. The van der Waals surface area contributed by atoms with E-state index in [4.69, 9.17) is 10.5 Å². The van der Waals surface area contributed by atoms with Crippen molar-refractivity contribution in [2.45, 2.75) is 32.2 Å². The molecule has 106 valence electrons. The van der Waals surface area contributed by atoms with Gasteiger partial charge in [0.05, 0.1) is 18.8 Å². The van der Waals surface area contributed by atoms with Gasteiger partial charge in [-0.2, -0.15) is 0 Å². The fraction of sp³-hybridized carbons (Fsp3) is 0.571. The summed E-state index contributed by atoms with van der Waals surface area (Å²) in [6.07, 6.45) is -0.142. The summed E-state index contributed by atoms with van der Waals surface area (Å²) >= 11 is 0. The monoisotopic (exact) mass is 268 g/mol. The first kappa shape index (κ1) is 14.4. The minimum Gasteiger partial charge on any atom is -0.394 e. The van der Waals surface area contributed by atoms with Gasteiger partial charge in [0, 0.05) is 37.3 Å². The third-order valence-corrected chi connectivity index (χ3v) is 3.38. The van der Waals surface area contributed by atoms with Crippen molar-refractivity contribution < 1.29 is 14.2 Å². The predicted octanol–water partition coefficient (Wildman–Crippen LogP) is 0.866. The number of ether oxygens (including phenoxy) is 1. The van der Waals surface area contributed by atoms with Crippen LogP contribution in [0.5, 0.6) is 0 Å². The topological polar surface area (TPSA) is 58.7 Å². The lowest BCUT2D eigenvalue weighted by atomic mass is 10.1. The molecule has 1 saturated heterocycles. The Labute approximate surface area is 113 Å². The Bertz CT molecular complexity index is 428. The molecule has 0 amide bonds. The van der Waals surface area contributed by atoms with E-state index in [1.807, 2.05) is 13.0 Å². The second kappa shape index (κ2) is 6.43. The summed E-state index contributed by atoms with van der Waals surface area (Å²) in [4.78, 5) is 2.10. The third-order valence-electron chi connectivity index (χ3n) is 3.38. The van der Waals surface area contributed by atoms with Gasteiger partial charge in [0.15, 0.2) is 0 Å². The first-order valence-corrected chi connectivity index (χ1v) is 6.59. The van der Waals surface area contributed by atoms with Crippen molar-refractivity contribution in [1.29, 1.82) is 0 Å². The summed E-state index contributed by atoms with van der Waals surface area (Å²) < 4.78 is 19.7. The van der Waals surface area contributed by atoms with Gasteiger partial charge < -0.3 is 15.6 Å². The minimum absolute atomic E-state index is 0.00778. The number of halogens is 1. The van der Waals surface area contributed by atoms with Crippen molar-refractivity contribution in [3.05, 3.63) is 35.1 Å². The zero-order chi connectivity index (χ0) is 13.8. The molecule has 4 nitrogen and oxygen atoms in total. The molecule has 2 atom stereocenters. The number of hydrogen-bond acceptors (Lipinski definition) is 4. The van der Waals surface area contributed by atoms with Gasteiger partial charge >= 0.3 is 0 Å². The van der Waals surface area contributed by atoms with Crippen LogP contribution in [0.25, 0.3) is 0 Å². The molecule has 0 saturated carbocycles. The second-order valence-corrected chi connectivity index (χ2v) is 5.04. The SMILES string of the molecule is CC1CN(Cc2cccc(CN)c2F)CC(CO)O1. The highest BCUT2D eigenvalue weighted by molar-refractivity contribution is 5.25. The Balaban J connectivity index is 2.08. The molecule has 19 heavy (non-hydrogen) atoms. The van der Waals surface area contributed by atoms with E-state index >= 15 is 0 Å². The first-order valence-electron chi connectivity index (χ1n) is 6.59. The zero-order valence-electron chi connectivity index (χ0n) is 11.2. The molecule has 1 heterocycles. The molecule has 1 aromatic rings. The van der Waals surface area contributed by atoms with E-state index in [0.717, 1.165) is 6.54 Å². The van der Waals surface area contributed by atoms with E-state index in [0.29, 0.717) is 24.2 Å². The molecule has 3 N–H and O–H groups in total. The number of morpholine rings is 1. The molecule has 0 spiro atoms. The molecule has 2 unspecified atom stereocenters. The number of aliphatic hydroxyl groups is 1. The van der Waals surface area contributed by atoms with Gasteiger partial charge in [0.1, 0.15) is 5.82 Å². The summed E-state index contributed by atoms with van der Waals surface area (Å²) in [5.41, 5.74) is 6.70. The van der Waals surface area contributed by atoms with E-state index < -0.39 is 0 Å². The first-order chi connectivity index (χ1) is 9.13. The summed E-state index contributed by atoms with van der Waals surface area (Å²) in [7, 11) is 0. The van der Waals surface area contributed by atoms with Crippen LogP contribution >= 0.6 is 0 Å². The average Bonchev–Trinajstić information content (AvgIpc) is 2.40. The van der Waals surface area contributed by atoms with Gasteiger partial charge in [-0.15, -0.1) is 0 Å². The Kier molecular flexibility index (Phi) is 4.87. The second-order valence-electron chi connectivity index (χ2n) is 5.04. The number of aliphatic hydroxyl groups excluding tert-OH is 1. The lowest BCUT2D eigenvalue weighted by molar-refractivity contribution is -0.0974. The molecule has 0 aromatic heterocycles. The van der Waals surface area contributed by atoms with Crippen molar-refractivity contribution in [2.75, 3.05) is 19.7 Å². The normalized spacial score (nSPS) is 24.6. The van der Waals surface area contributed by atoms with Crippen molar-refractivity contribution in [3.63, 3.8) is 0 Å². The maximum atomic E-state index is 14.1. The van der Waals surface area contributed by atoms with Crippen molar-refractivity contribution in [3.8, 4) is 0 Å². The van der Waals surface area contributed by atoms with Crippen LogP contribution in [0.4, 0.5) is 4.39 Å². The molecule has 0 bridgehead atoms. The number of nitrogens with zero attached hydrogens (tertiary/aromatic N) is 1. The van der Waals surface area contributed by atoms with E-state index in [1.54, 1.807) is 12.1 Å². The third kappa shape index (κ3) is 3.51. The van der Waals surface area contributed by atoms with E-state index in [9.17, 15) is 9.50 Å². The van der Waals surface area contributed by atoms with Gasteiger partial charge in [-0.25, -0.2) is 4.39 Å². The van der Waals surface area contributed by atoms with Crippen LogP contribution in [0, 0.1) is 5.82 Å². The lowest BCUT2D eigenvalue weighted by Gasteiger charge is -2.36. The molecule has 1 aliphatic heterocycles. The van der Waals surface area contributed by atoms with Crippen LogP contribution in [0.3, 0.4) is 0 Å². The molecule has 2 rings (SSSR count). The Morgan fingerprint density at radius 2 is 2.16 bits per heavy atom. The van der Waals surface area contributed by atoms with E-state index in [2.05, 4.69) is 4.90 Å². The van der Waals surface area contributed by atoms with Crippen molar-refractivity contribution >= 4 is 0 Å². The number of benzene rings is 1. The van der Waals surface area contributed by atoms with Crippen LogP contribution in [0.2, 0.25) is 0 Å². The average molecular weight is 268 g/mol. The van der Waals surface area contributed by atoms with Crippen LogP contribution in [0.15, 0.2) is 18.2 Å². The van der Waals surface area contributed by atoms with E-state index in [-0.39, 0.29) is 31.2 Å². The summed E-state index contributed by atoms with van der Waals surface area (Å²) in [6.45, 7) is 4.03. The predicted molar refractivity (Wildman–Crippen MR) is 71.0 cm³/mol. The molecular formula is C14H21FN2O2. The molecular weight excluding hydrogens is 247 g/mol. The number of hydrogen-bond donors (Lipinski definition) is 2. The Morgan fingerprint density at radius 3 is 2.84 bits per heavy atom. The Hall–Kier alpha value is -1.01. The fourth-order valence-electron chi connectivity index (χ4n) is 2.52. The maximum absolute atomic E-state index is 14.1. The standard InChI is InChI=1S/C14H21FN2O2/c1-10-6-17(8-13(9-18)19-10)7-12-4-2-3-11(5-16)14(12)15/h2-4,10,13,18H,5-9,16H2,1H3. The largest absolute Gasteiger partial charge is 0.394 e. The van der Waals surface area contributed by atoms with Gasteiger partial charge in [-0.1, -0.05) is 18.2 Å².